The molecule has 10 heteroatoms. The van der Waals surface area contributed by atoms with Crippen molar-refractivity contribution in [3.05, 3.63) is 76.0 Å². The van der Waals surface area contributed by atoms with Crippen molar-refractivity contribution in [1.82, 2.24) is 20.3 Å². The second kappa shape index (κ2) is 11.1. The van der Waals surface area contributed by atoms with Gasteiger partial charge in [0, 0.05) is 36.1 Å². The van der Waals surface area contributed by atoms with Gasteiger partial charge in [0.05, 0.1) is 28.0 Å². The SMILES string of the molecule is CCOc1cc(-c2nccc(-c3cc4c([nH]3)CCNC4=O)n2)cc(Br)c1OCC(=O)Nc1ccc(C)cc1. The Balaban J connectivity index is 1.37. The number of fused-ring (bicyclic) bond motifs is 1. The number of carbonyl (C=O) groups is 2. The van der Waals surface area contributed by atoms with Crippen molar-refractivity contribution in [3.8, 4) is 34.3 Å². The minimum Gasteiger partial charge on any atom is -0.490 e. The topological polar surface area (TPSA) is 118 Å². The van der Waals surface area contributed by atoms with E-state index in [0.717, 1.165) is 23.4 Å². The molecule has 9 nitrogen and oxygen atoms in total. The molecule has 5 rings (SSSR count). The van der Waals surface area contributed by atoms with Gasteiger partial charge in [-0.2, -0.15) is 0 Å². The van der Waals surface area contributed by atoms with Crippen molar-refractivity contribution < 1.29 is 19.1 Å². The fraction of sp³-hybridized carbons (Fsp3) is 0.214. The molecule has 4 aromatic rings. The third-order valence-electron chi connectivity index (χ3n) is 5.99. The Morgan fingerprint density at radius 1 is 1.13 bits per heavy atom. The van der Waals surface area contributed by atoms with Gasteiger partial charge < -0.3 is 25.1 Å². The summed E-state index contributed by atoms with van der Waals surface area (Å²) in [4.78, 5) is 37.1. The Kier molecular flexibility index (Phi) is 7.41. The largest absolute Gasteiger partial charge is 0.490 e. The van der Waals surface area contributed by atoms with Crippen LogP contribution in [0.2, 0.25) is 0 Å². The lowest BCUT2D eigenvalue weighted by atomic mass is 10.1. The molecule has 2 aromatic carbocycles. The monoisotopic (exact) mass is 575 g/mol. The van der Waals surface area contributed by atoms with E-state index in [9.17, 15) is 9.59 Å². The number of carbonyl (C=O) groups excluding carboxylic acids is 2. The van der Waals surface area contributed by atoms with Gasteiger partial charge in [0.2, 0.25) is 0 Å². The maximum absolute atomic E-state index is 12.5. The molecule has 0 spiro atoms. The van der Waals surface area contributed by atoms with E-state index in [0.29, 0.717) is 57.5 Å². The van der Waals surface area contributed by atoms with E-state index in [1.807, 2.05) is 50.2 Å². The third-order valence-corrected chi connectivity index (χ3v) is 6.58. The van der Waals surface area contributed by atoms with Crippen molar-refractivity contribution in [2.75, 3.05) is 25.1 Å². The molecule has 1 aliphatic heterocycles. The van der Waals surface area contributed by atoms with Crippen molar-refractivity contribution >= 4 is 33.4 Å². The van der Waals surface area contributed by atoms with Gasteiger partial charge in [0.1, 0.15) is 0 Å². The van der Waals surface area contributed by atoms with Crippen molar-refractivity contribution in [2.24, 2.45) is 0 Å². The number of amides is 2. The number of rotatable bonds is 8. The Bertz CT molecular complexity index is 1500. The van der Waals surface area contributed by atoms with Crippen LogP contribution in [0.5, 0.6) is 11.5 Å². The molecule has 0 bridgehead atoms. The van der Waals surface area contributed by atoms with Gasteiger partial charge in [-0.25, -0.2) is 9.97 Å². The molecule has 0 atom stereocenters. The summed E-state index contributed by atoms with van der Waals surface area (Å²) in [7, 11) is 0. The van der Waals surface area contributed by atoms with Gasteiger partial charge in [0.25, 0.3) is 11.8 Å². The highest BCUT2D eigenvalue weighted by molar-refractivity contribution is 9.10. The summed E-state index contributed by atoms with van der Waals surface area (Å²) in [6.07, 6.45) is 2.42. The van der Waals surface area contributed by atoms with Crippen LogP contribution in [0.1, 0.15) is 28.5 Å². The van der Waals surface area contributed by atoms with E-state index in [4.69, 9.17) is 14.5 Å². The molecule has 38 heavy (non-hydrogen) atoms. The second-order valence-electron chi connectivity index (χ2n) is 8.77. The predicted molar refractivity (Wildman–Crippen MR) is 147 cm³/mol. The van der Waals surface area contributed by atoms with Crippen LogP contribution in [0, 0.1) is 6.92 Å². The summed E-state index contributed by atoms with van der Waals surface area (Å²) in [5.74, 6) is 0.974. The van der Waals surface area contributed by atoms with Gasteiger partial charge in [-0.15, -0.1) is 0 Å². The fourth-order valence-electron chi connectivity index (χ4n) is 4.15. The highest BCUT2D eigenvalue weighted by atomic mass is 79.9. The van der Waals surface area contributed by atoms with Crippen LogP contribution in [-0.4, -0.2) is 46.5 Å². The number of anilines is 1. The Hall–Kier alpha value is -4.18. The van der Waals surface area contributed by atoms with E-state index in [-0.39, 0.29) is 18.4 Å². The molecule has 3 N–H and O–H groups in total. The van der Waals surface area contributed by atoms with Crippen LogP contribution in [0.4, 0.5) is 5.69 Å². The molecule has 194 valence electrons. The molecular formula is C28H26BrN5O4. The predicted octanol–water partition coefficient (Wildman–Crippen LogP) is 4.91. The number of hydrogen-bond donors (Lipinski definition) is 3. The molecule has 0 aliphatic carbocycles. The van der Waals surface area contributed by atoms with Crippen LogP contribution in [-0.2, 0) is 11.2 Å². The lowest BCUT2D eigenvalue weighted by molar-refractivity contribution is -0.118. The van der Waals surface area contributed by atoms with Crippen LogP contribution < -0.4 is 20.1 Å². The first-order chi connectivity index (χ1) is 18.4. The molecule has 0 unspecified atom stereocenters. The summed E-state index contributed by atoms with van der Waals surface area (Å²) in [5.41, 5.74) is 5.47. The molecule has 3 heterocycles. The molecule has 2 amide bonds. The molecule has 0 saturated heterocycles. The van der Waals surface area contributed by atoms with Crippen molar-refractivity contribution in [2.45, 2.75) is 20.3 Å². The van der Waals surface area contributed by atoms with Crippen LogP contribution in [0.15, 0.2) is 59.2 Å². The first-order valence-corrected chi connectivity index (χ1v) is 13.0. The summed E-state index contributed by atoms with van der Waals surface area (Å²) in [6.45, 7) is 4.67. The van der Waals surface area contributed by atoms with Gasteiger partial charge in [-0.3, -0.25) is 9.59 Å². The average Bonchev–Trinajstić information content (AvgIpc) is 3.36. The summed E-state index contributed by atoms with van der Waals surface area (Å²) in [5, 5.41) is 5.68. The van der Waals surface area contributed by atoms with E-state index in [1.54, 1.807) is 18.3 Å². The van der Waals surface area contributed by atoms with Gasteiger partial charge in [-0.05, 0) is 66.2 Å². The normalized spacial score (nSPS) is 12.4. The highest BCUT2D eigenvalue weighted by Crippen LogP contribution is 2.39. The van der Waals surface area contributed by atoms with E-state index in [1.165, 1.54) is 0 Å². The van der Waals surface area contributed by atoms with Gasteiger partial charge >= 0.3 is 0 Å². The summed E-state index contributed by atoms with van der Waals surface area (Å²) in [6, 6.07) is 14.8. The zero-order chi connectivity index (χ0) is 26.6. The molecule has 1 aliphatic rings. The maximum Gasteiger partial charge on any atom is 0.262 e. The summed E-state index contributed by atoms with van der Waals surface area (Å²) < 4.78 is 12.3. The number of aryl methyl sites for hydroxylation is 1. The van der Waals surface area contributed by atoms with Crippen molar-refractivity contribution in [1.29, 1.82) is 0 Å². The van der Waals surface area contributed by atoms with E-state index < -0.39 is 0 Å². The van der Waals surface area contributed by atoms with Crippen LogP contribution in [0.25, 0.3) is 22.8 Å². The van der Waals surface area contributed by atoms with E-state index in [2.05, 4.69) is 36.5 Å². The van der Waals surface area contributed by atoms with Crippen molar-refractivity contribution in [3.63, 3.8) is 0 Å². The zero-order valence-corrected chi connectivity index (χ0v) is 22.5. The highest BCUT2D eigenvalue weighted by Gasteiger charge is 2.21. The molecular weight excluding hydrogens is 550 g/mol. The number of aromatic nitrogens is 3. The number of hydrogen-bond acceptors (Lipinski definition) is 6. The number of ether oxygens (including phenoxy) is 2. The number of aromatic amines is 1. The summed E-state index contributed by atoms with van der Waals surface area (Å²) >= 11 is 3.56. The maximum atomic E-state index is 12.5. The minimum absolute atomic E-state index is 0.0866. The van der Waals surface area contributed by atoms with E-state index >= 15 is 0 Å². The number of H-pyrrole nitrogens is 1. The number of halogens is 1. The Morgan fingerprint density at radius 3 is 2.71 bits per heavy atom. The fourth-order valence-corrected chi connectivity index (χ4v) is 4.71. The number of benzene rings is 2. The van der Waals surface area contributed by atoms with Gasteiger partial charge in [0.15, 0.2) is 23.9 Å². The van der Waals surface area contributed by atoms with Crippen LogP contribution >= 0.6 is 15.9 Å². The first kappa shape index (κ1) is 25.5. The second-order valence-corrected chi connectivity index (χ2v) is 9.62. The minimum atomic E-state index is -0.286. The van der Waals surface area contributed by atoms with Crippen LogP contribution in [0.3, 0.4) is 0 Å². The molecule has 0 saturated carbocycles. The molecule has 0 radical (unpaired) electrons. The number of nitrogens with one attached hydrogen (secondary N) is 3. The average molecular weight is 576 g/mol. The lowest BCUT2D eigenvalue weighted by Crippen LogP contribution is -2.31. The quantitative estimate of drug-likeness (QED) is 0.274. The smallest absolute Gasteiger partial charge is 0.262 e. The number of nitrogens with zero attached hydrogens (tertiary/aromatic N) is 2. The zero-order valence-electron chi connectivity index (χ0n) is 20.9. The Labute approximate surface area is 228 Å². The standard InChI is InChI=1S/C28H26BrN5O4/c1-3-37-24-13-17(12-20(29)26(24)38-15-25(35)32-18-6-4-16(2)5-7-18)27-30-10-9-22(34-27)23-14-19-21(33-23)8-11-31-28(19)36/h4-7,9-10,12-14,33H,3,8,11,15H2,1-2H3,(H,31,36)(H,32,35). The Morgan fingerprint density at radius 2 is 1.95 bits per heavy atom. The van der Waals surface area contributed by atoms with Gasteiger partial charge in [-0.1, -0.05) is 17.7 Å². The first-order valence-electron chi connectivity index (χ1n) is 12.2. The third kappa shape index (κ3) is 5.55. The molecule has 2 aromatic heterocycles. The lowest BCUT2D eigenvalue weighted by Gasteiger charge is -2.15. The molecule has 0 fully saturated rings.